The highest BCUT2D eigenvalue weighted by Crippen LogP contribution is 2.12. The molecule has 0 aliphatic heterocycles. The minimum absolute atomic E-state index is 0.114. The molecule has 6 heteroatoms. The Morgan fingerprint density at radius 1 is 0.361 bits per heavy atom. The summed E-state index contributed by atoms with van der Waals surface area (Å²) >= 11 is 0. The van der Waals surface area contributed by atoms with Gasteiger partial charge in [-0.05, 0) is 103 Å². The maximum atomic E-state index is 12.7. The third kappa shape index (κ3) is 47.0. The van der Waals surface area contributed by atoms with E-state index in [0.29, 0.717) is 12.8 Å². The van der Waals surface area contributed by atoms with Crippen molar-refractivity contribution < 1.29 is 28.6 Å². The lowest BCUT2D eigenvalue weighted by molar-refractivity contribution is -0.167. The van der Waals surface area contributed by atoms with Crippen molar-refractivity contribution in [3.05, 3.63) is 109 Å². The van der Waals surface area contributed by atoms with Gasteiger partial charge in [0.25, 0.3) is 0 Å². The van der Waals surface area contributed by atoms with Gasteiger partial charge in [-0.25, -0.2) is 0 Å². The van der Waals surface area contributed by atoms with E-state index in [-0.39, 0.29) is 44.0 Å². The summed E-state index contributed by atoms with van der Waals surface area (Å²) in [5, 5.41) is 0. The smallest absolute Gasteiger partial charge is 0.306 e. The second-order valence-electron chi connectivity index (χ2n) is 15.7. The Morgan fingerprint density at radius 3 is 1.28 bits per heavy atom. The van der Waals surface area contributed by atoms with Gasteiger partial charge in [-0.15, -0.1) is 0 Å². The SMILES string of the molecule is CC\C=C/C=C\C=C/CCCCCCCC(=O)OC(COC(=O)CCC/C=C\C/C=C\C/C=C\C/C=C\C/C=C\CC)COC(=O)CCCCC/C=C\CCCCCCCC. The number of unbranched alkanes of at least 4 members (excludes halogenated alkanes) is 15. The molecule has 0 spiro atoms. The molecule has 0 N–H and O–H groups in total. The third-order valence-electron chi connectivity index (χ3n) is 9.80. The number of carbonyl (C=O) groups is 3. The summed E-state index contributed by atoms with van der Waals surface area (Å²) in [6.07, 6.45) is 65.0. The number of allylic oxidation sites excluding steroid dienone is 18. The summed E-state index contributed by atoms with van der Waals surface area (Å²) in [4.78, 5) is 37.9. The average molecular weight is 845 g/mol. The zero-order chi connectivity index (χ0) is 44.4. The van der Waals surface area contributed by atoms with E-state index < -0.39 is 6.10 Å². The maximum absolute atomic E-state index is 12.7. The minimum Gasteiger partial charge on any atom is -0.462 e. The third-order valence-corrected chi connectivity index (χ3v) is 9.80. The lowest BCUT2D eigenvalue weighted by atomic mass is 10.1. The summed E-state index contributed by atoms with van der Waals surface area (Å²) < 4.78 is 16.7. The lowest BCUT2D eigenvalue weighted by Crippen LogP contribution is -2.30. The first-order chi connectivity index (χ1) is 30.0. The Hall–Kier alpha value is -3.93. The molecule has 0 saturated carbocycles. The molecule has 344 valence electrons. The van der Waals surface area contributed by atoms with Crippen molar-refractivity contribution in [2.75, 3.05) is 13.2 Å². The second kappa shape index (κ2) is 48.7. The van der Waals surface area contributed by atoms with E-state index in [1.807, 2.05) is 6.08 Å². The molecule has 0 radical (unpaired) electrons. The highest BCUT2D eigenvalue weighted by atomic mass is 16.6. The fraction of sp³-hybridized carbons (Fsp3) is 0.618. The van der Waals surface area contributed by atoms with Gasteiger partial charge in [0, 0.05) is 19.3 Å². The molecular weight excluding hydrogens is 757 g/mol. The normalized spacial score (nSPS) is 13.0. The molecule has 0 heterocycles. The number of hydrogen-bond donors (Lipinski definition) is 0. The van der Waals surface area contributed by atoms with Crippen LogP contribution in [0.15, 0.2) is 109 Å². The highest BCUT2D eigenvalue weighted by Gasteiger charge is 2.19. The molecule has 0 aliphatic carbocycles. The average Bonchev–Trinajstić information content (AvgIpc) is 3.26. The molecule has 0 aliphatic rings. The van der Waals surface area contributed by atoms with Crippen molar-refractivity contribution in [3.8, 4) is 0 Å². The molecule has 0 aromatic rings. The van der Waals surface area contributed by atoms with Crippen LogP contribution in [0.5, 0.6) is 0 Å². The Balaban J connectivity index is 4.54. The number of hydrogen-bond acceptors (Lipinski definition) is 6. The molecule has 61 heavy (non-hydrogen) atoms. The molecule has 1 atom stereocenters. The molecule has 0 amide bonds. The quantitative estimate of drug-likeness (QED) is 0.0200. The van der Waals surface area contributed by atoms with Gasteiger partial charge in [-0.3, -0.25) is 14.4 Å². The van der Waals surface area contributed by atoms with Crippen molar-refractivity contribution >= 4 is 17.9 Å². The Morgan fingerprint density at radius 2 is 0.738 bits per heavy atom. The van der Waals surface area contributed by atoms with Crippen LogP contribution < -0.4 is 0 Å². The van der Waals surface area contributed by atoms with Gasteiger partial charge in [0.05, 0.1) is 0 Å². The van der Waals surface area contributed by atoms with Crippen LogP contribution in [0.25, 0.3) is 0 Å². The Bertz CT molecular complexity index is 1290. The molecule has 0 bridgehead atoms. The van der Waals surface area contributed by atoms with Crippen LogP contribution in [0.3, 0.4) is 0 Å². The molecule has 0 aromatic heterocycles. The van der Waals surface area contributed by atoms with Crippen LogP contribution in [-0.2, 0) is 28.6 Å². The summed E-state index contributed by atoms with van der Waals surface area (Å²) in [6, 6.07) is 0. The minimum atomic E-state index is -0.818. The van der Waals surface area contributed by atoms with Gasteiger partial charge in [0.15, 0.2) is 6.10 Å². The number of ether oxygens (including phenoxy) is 3. The van der Waals surface area contributed by atoms with Crippen LogP contribution in [0.1, 0.15) is 201 Å². The first kappa shape index (κ1) is 57.1. The van der Waals surface area contributed by atoms with E-state index in [9.17, 15) is 14.4 Å². The van der Waals surface area contributed by atoms with E-state index in [2.05, 4.69) is 124 Å². The van der Waals surface area contributed by atoms with Gasteiger partial charge in [0.2, 0.25) is 0 Å². The Labute approximate surface area is 374 Å². The molecule has 6 nitrogen and oxygen atoms in total. The topological polar surface area (TPSA) is 78.9 Å². The van der Waals surface area contributed by atoms with E-state index in [1.165, 1.54) is 38.5 Å². The van der Waals surface area contributed by atoms with E-state index in [4.69, 9.17) is 14.2 Å². The summed E-state index contributed by atoms with van der Waals surface area (Å²) in [5.41, 5.74) is 0. The molecule has 0 fully saturated rings. The molecule has 0 aromatic carbocycles. The highest BCUT2D eigenvalue weighted by molar-refractivity contribution is 5.71. The predicted octanol–water partition coefficient (Wildman–Crippen LogP) is 16.0. The fourth-order valence-electron chi connectivity index (χ4n) is 6.18. The van der Waals surface area contributed by atoms with Crippen molar-refractivity contribution in [2.24, 2.45) is 0 Å². The largest absolute Gasteiger partial charge is 0.462 e. The van der Waals surface area contributed by atoms with Crippen molar-refractivity contribution in [1.82, 2.24) is 0 Å². The molecule has 0 saturated heterocycles. The van der Waals surface area contributed by atoms with Gasteiger partial charge in [-0.2, -0.15) is 0 Å². The van der Waals surface area contributed by atoms with Crippen LogP contribution in [0.2, 0.25) is 0 Å². The van der Waals surface area contributed by atoms with Gasteiger partial charge < -0.3 is 14.2 Å². The lowest BCUT2D eigenvalue weighted by Gasteiger charge is -2.18. The van der Waals surface area contributed by atoms with Crippen LogP contribution in [0.4, 0.5) is 0 Å². The first-order valence-corrected chi connectivity index (χ1v) is 24.4. The van der Waals surface area contributed by atoms with Gasteiger partial charge in [0.1, 0.15) is 13.2 Å². The maximum Gasteiger partial charge on any atom is 0.306 e. The van der Waals surface area contributed by atoms with Gasteiger partial charge in [-0.1, -0.05) is 188 Å². The predicted molar refractivity (Wildman–Crippen MR) is 260 cm³/mol. The molecule has 0 rings (SSSR count). The first-order valence-electron chi connectivity index (χ1n) is 24.4. The number of carbonyl (C=O) groups excluding carboxylic acids is 3. The zero-order valence-electron chi connectivity index (χ0n) is 39.1. The molecule has 1 unspecified atom stereocenters. The monoisotopic (exact) mass is 845 g/mol. The fourth-order valence-corrected chi connectivity index (χ4v) is 6.18. The van der Waals surface area contributed by atoms with Gasteiger partial charge >= 0.3 is 17.9 Å². The van der Waals surface area contributed by atoms with Crippen molar-refractivity contribution in [1.29, 1.82) is 0 Å². The van der Waals surface area contributed by atoms with Crippen LogP contribution in [-0.4, -0.2) is 37.2 Å². The Kier molecular flexibility index (Phi) is 45.6. The summed E-state index contributed by atoms with van der Waals surface area (Å²) in [6.45, 7) is 6.28. The van der Waals surface area contributed by atoms with Crippen molar-refractivity contribution in [2.45, 2.75) is 207 Å². The van der Waals surface area contributed by atoms with Crippen molar-refractivity contribution in [3.63, 3.8) is 0 Å². The number of esters is 3. The standard InChI is InChI=1S/C55H88O6/c1-4-7-10-13-16-19-22-25-26-27-28-31-33-36-39-42-45-48-54(57)60-51-52(61-55(58)49-46-43-40-37-34-30-24-21-18-15-12-9-6-3)50-59-53(56)47-44-41-38-35-32-29-23-20-17-14-11-8-5-2/h7,9-10,12,15-16,18-19,21,24-26,28-29,31-32,36,39,52H,4-6,8,11,13-14,17,20,22-23,27,30,33-35,37-38,40-51H2,1-3H3/b10-7-,12-9-,18-15-,19-16-,24-21-,26-25-,31-28-,32-29-,39-36-. The van der Waals surface area contributed by atoms with E-state index >= 15 is 0 Å². The second-order valence-corrected chi connectivity index (χ2v) is 15.7. The van der Waals surface area contributed by atoms with Crippen LogP contribution in [0, 0.1) is 0 Å². The molecular formula is C55H88O6. The summed E-state index contributed by atoms with van der Waals surface area (Å²) in [5.74, 6) is -1.02. The van der Waals surface area contributed by atoms with E-state index in [1.54, 1.807) is 0 Å². The summed E-state index contributed by atoms with van der Waals surface area (Å²) in [7, 11) is 0. The number of rotatable bonds is 42. The zero-order valence-corrected chi connectivity index (χ0v) is 39.1. The van der Waals surface area contributed by atoms with Crippen LogP contribution >= 0.6 is 0 Å². The van der Waals surface area contributed by atoms with E-state index in [0.717, 1.165) is 116 Å².